The van der Waals surface area contributed by atoms with E-state index in [2.05, 4.69) is 10.3 Å². The molecule has 0 spiro atoms. The second-order valence-corrected chi connectivity index (χ2v) is 7.22. The van der Waals surface area contributed by atoms with Gasteiger partial charge in [0.1, 0.15) is 17.6 Å². The third kappa shape index (κ3) is 3.11. The van der Waals surface area contributed by atoms with E-state index in [4.69, 9.17) is 4.42 Å². The zero-order valence-corrected chi connectivity index (χ0v) is 15.6. The third-order valence-corrected chi connectivity index (χ3v) is 5.53. The van der Waals surface area contributed by atoms with Crippen molar-refractivity contribution in [3.05, 3.63) is 40.9 Å². The van der Waals surface area contributed by atoms with Crippen molar-refractivity contribution in [3.63, 3.8) is 0 Å². The molecule has 0 aliphatic carbocycles. The van der Waals surface area contributed by atoms with Crippen molar-refractivity contribution in [2.75, 3.05) is 13.1 Å². The summed E-state index contributed by atoms with van der Waals surface area (Å²) in [6.45, 7) is 1.45. The minimum Gasteiger partial charge on any atom is -0.448 e. The number of likely N-dealkylation sites (tertiary alicyclic amines) is 1. The molecule has 1 N–H and O–H groups in total. The summed E-state index contributed by atoms with van der Waals surface area (Å²) in [5.74, 6) is -0.0429. The molecule has 2 bridgehead atoms. The van der Waals surface area contributed by atoms with Gasteiger partial charge in [-0.2, -0.15) is 0 Å². The molecule has 27 heavy (non-hydrogen) atoms. The smallest absolute Gasteiger partial charge is 0.297 e. The second-order valence-electron chi connectivity index (χ2n) is 7.22. The van der Waals surface area contributed by atoms with Crippen LogP contribution in [0.5, 0.6) is 0 Å². The summed E-state index contributed by atoms with van der Waals surface area (Å²) >= 11 is 0. The molecule has 8 heteroatoms. The van der Waals surface area contributed by atoms with Crippen molar-refractivity contribution in [1.29, 1.82) is 0 Å². The first-order chi connectivity index (χ1) is 12.7. The number of para-hydroxylation sites is 1. The lowest BCUT2D eigenvalue weighted by atomic mass is 10.1. The molecular formula is C19H21ClN4O3. The molecule has 2 aliphatic heterocycles. The molecule has 2 saturated heterocycles. The maximum atomic E-state index is 12.8. The van der Waals surface area contributed by atoms with Crippen LogP contribution in [-0.4, -0.2) is 45.5 Å². The van der Waals surface area contributed by atoms with Crippen LogP contribution < -0.4 is 10.9 Å². The van der Waals surface area contributed by atoms with E-state index in [1.165, 1.54) is 17.3 Å². The van der Waals surface area contributed by atoms with E-state index in [9.17, 15) is 9.59 Å². The molecule has 2 unspecified atom stereocenters. The average Bonchev–Trinajstić information content (AvgIpc) is 3.17. The molecule has 2 aliphatic rings. The number of benzene rings is 1. The molecule has 2 fully saturated rings. The SMILES string of the molecule is Cl.O=C(Cn1cnc2c(oc3ccccc32)c1=O)N1CCC2CCC(C1)N2. The van der Waals surface area contributed by atoms with Gasteiger partial charge in [-0.15, -0.1) is 12.4 Å². The quantitative estimate of drug-likeness (QED) is 0.725. The minimum atomic E-state index is -0.311. The predicted molar refractivity (Wildman–Crippen MR) is 104 cm³/mol. The van der Waals surface area contributed by atoms with E-state index in [1.807, 2.05) is 29.2 Å². The standard InChI is InChI=1S/C19H20N4O3.ClH/c24-16(22-8-7-12-5-6-13(9-22)21-12)10-23-11-20-17-14-3-1-2-4-15(14)26-18(17)19(23)25;/h1-4,11-13,21H,5-10H2;1H. The van der Waals surface area contributed by atoms with Crippen LogP contribution in [0.2, 0.25) is 0 Å². The number of hydrogen-bond donors (Lipinski definition) is 1. The van der Waals surface area contributed by atoms with Crippen LogP contribution in [0.3, 0.4) is 0 Å². The largest absolute Gasteiger partial charge is 0.448 e. The molecule has 1 aromatic carbocycles. The van der Waals surface area contributed by atoms with Crippen molar-refractivity contribution in [2.45, 2.75) is 37.9 Å². The molecule has 5 rings (SSSR count). The highest BCUT2D eigenvalue weighted by atomic mass is 35.5. The fraction of sp³-hybridized carbons (Fsp3) is 0.421. The molecule has 4 heterocycles. The lowest BCUT2D eigenvalue weighted by Crippen LogP contribution is -2.41. The van der Waals surface area contributed by atoms with E-state index < -0.39 is 0 Å². The Kier molecular flexibility index (Phi) is 4.65. The van der Waals surface area contributed by atoms with E-state index in [0.717, 1.165) is 24.8 Å². The van der Waals surface area contributed by atoms with Gasteiger partial charge in [0, 0.05) is 30.6 Å². The first kappa shape index (κ1) is 18.0. The molecule has 0 saturated carbocycles. The summed E-state index contributed by atoms with van der Waals surface area (Å²) in [6.07, 6.45) is 4.73. The van der Waals surface area contributed by atoms with Crippen molar-refractivity contribution in [1.82, 2.24) is 19.8 Å². The van der Waals surface area contributed by atoms with Crippen LogP contribution in [0.4, 0.5) is 0 Å². The number of hydrogen-bond acceptors (Lipinski definition) is 5. The van der Waals surface area contributed by atoms with Crippen LogP contribution in [0.1, 0.15) is 19.3 Å². The van der Waals surface area contributed by atoms with Gasteiger partial charge in [0.2, 0.25) is 11.5 Å². The van der Waals surface area contributed by atoms with Crippen LogP contribution in [-0.2, 0) is 11.3 Å². The zero-order chi connectivity index (χ0) is 17.7. The Morgan fingerprint density at radius 3 is 2.93 bits per heavy atom. The Morgan fingerprint density at radius 1 is 1.22 bits per heavy atom. The summed E-state index contributed by atoms with van der Waals surface area (Å²) in [7, 11) is 0. The Hall–Kier alpha value is -2.38. The number of carbonyl (C=O) groups excluding carboxylic acids is 1. The van der Waals surface area contributed by atoms with Crippen LogP contribution in [0, 0.1) is 0 Å². The fourth-order valence-electron chi connectivity index (χ4n) is 4.14. The predicted octanol–water partition coefficient (Wildman–Crippen LogP) is 1.92. The van der Waals surface area contributed by atoms with E-state index >= 15 is 0 Å². The fourth-order valence-corrected chi connectivity index (χ4v) is 4.14. The molecule has 142 valence electrons. The van der Waals surface area contributed by atoms with E-state index in [1.54, 1.807) is 0 Å². The van der Waals surface area contributed by atoms with Gasteiger partial charge in [-0.3, -0.25) is 14.2 Å². The number of furan rings is 1. The Bertz CT molecular complexity index is 1060. The van der Waals surface area contributed by atoms with Gasteiger partial charge >= 0.3 is 0 Å². The maximum absolute atomic E-state index is 12.8. The summed E-state index contributed by atoms with van der Waals surface area (Å²) in [5, 5.41) is 4.37. The average molecular weight is 389 g/mol. The Labute approximate surface area is 161 Å². The summed E-state index contributed by atoms with van der Waals surface area (Å²) < 4.78 is 7.03. The Balaban J connectivity index is 0.00000180. The van der Waals surface area contributed by atoms with E-state index in [-0.39, 0.29) is 36.0 Å². The van der Waals surface area contributed by atoms with Crippen LogP contribution >= 0.6 is 12.4 Å². The van der Waals surface area contributed by atoms with Crippen molar-refractivity contribution >= 4 is 40.4 Å². The highest BCUT2D eigenvalue weighted by Crippen LogP contribution is 2.24. The van der Waals surface area contributed by atoms with Gasteiger partial charge < -0.3 is 14.6 Å². The molecule has 3 aromatic rings. The van der Waals surface area contributed by atoms with Gasteiger partial charge in [-0.05, 0) is 31.4 Å². The molecule has 2 aromatic heterocycles. The first-order valence-corrected chi connectivity index (χ1v) is 9.09. The number of carbonyl (C=O) groups is 1. The number of amides is 1. The monoisotopic (exact) mass is 388 g/mol. The number of fused-ring (bicyclic) bond motifs is 5. The van der Waals surface area contributed by atoms with Gasteiger partial charge in [0.15, 0.2) is 0 Å². The van der Waals surface area contributed by atoms with Crippen molar-refractivity contribution in [3.8, 4) is 0 Å². The maximum Gasteiger partial charge on any atom is 0.297 e. The van der Waals surface area contributed by atoms with Crippen molar-refractivity contribution in [2.24, 2.45) is 0 Å². The molecule has 2 atom stereocenters. The minimum absolute atomic E-state index is 0. The molecular weight excluding hydrogens is 368 g/mol. The van der Waals surface area contributed by atoms with Crippen LogP contribution in [0.25, 0.3) is 22.1 Å². The zero-order valence-electron chi connectivity index (χ0n) is 14.8. The van der Waals surface area contributed by atoms with Crippen molar-refractivity contribution < 1.29 is 9.21 Å². The van der Waals surface area contributed by atoms with Gasteiger partial charge in [-0.1, -0.05) is 12.1 Å². The summed E-state index contributed by atoms with van der Waals surface area (Å²) in [4.78, 5) is 31.7. The van der Waals surface area contributed by atoms with Gasteiger partial charge in [0.05, 0.1) is 6.33 Å². The third-order valence-electron chi connectivity index (χ3n) is 5.53. The second kappa shape index (κ2) is 6.98. The summed E-state index contributed by atoms with van der Waals surface area (Å²) in [6, 6.07) is 8.32. The Morgan fingerprint density at radius 2 is 2.04 bits per heavy atom. The van der Waals surface area contributed by atoms with E-state index in [0.29, 0.717) is 29.7 Å². The van der Waals surface area contributed by atoms with Crippen LogP contribution in [0.15, 0.2) is 39.8 Å². The lowest BCUT2D eigenvalue weighted by Gasteiger charge is -2.24. The normalized spacial score (nSPS) is 22.0. The number of nitrogens with zero attached hydrogens (tertiary/aromatic N) is 3. The number of halogens is 1. The highest BCUT2D eigenvalue weighted by Gasteiger charge is 2.31. The topological polar surface area (TPSA) is 80.4 Å². The molecule has 1 amide bonds. The number of aromatic nitrogens is 2. The number of rotatable bonds is 2. The highest BCUT2D eigenvalue weighted by molar-refractivity contribution is 6.01. The van der Waals surface area contributed by atoms with Gasteiger partial charge in [0.25, 0.3) is 5.56 Å². The summed E-state index contributed by atoms with van der Waals surface area (Å²) in [5.41, 5.74) is 1.07. The number of nitrogens with one attached hydrogen (secondary N) is 1. The molecule has 0 radical (unpaired) electrons. The molecule has 7 nitrogen and oxygen atoms in total. The van der Waals surface area contributed by atoms with Gasteiger partial charge in [-0.25, -0.2) is 4.98 Å². The lowest BCUT2D eigenvalue weighted by molar-refractivity contribution is -0.132. The first-order valence-electron chi connectivity index (χ1n) is 9.09.